The Hall–Kier alpha value is -0.900. The first-order valence-electron chi connectivity index (χ1n) is 4.68. The van der Waals surface area contributed by atoms with Crippen molar-refractivity contribution < 1.29 is 4.79 Å². The lowest BCUT2D eigenvalue weighted by Gasteiger charge is -2.05. The molecular formula is C10H16N2OS. The molecule has 14 heavy (non-hydrogen) atoms. The van der Waals surface area contributed by atoms with E-state index in [0.717, 1.165) is 5.56 Å². The number of H-pyrrole nitrogens is 1. The molecule has 2 N–H and O–H groups in total. The third-order valence-corrected chi connectivity index (χ3v) is 2.80. The molecule has 0 saturated carbocycles. The maximum absolute atomic E-state index is 11.3. The second-order valence-electron chi connectivity index (χ2n) is 3.36. The summed E-state index contributed by atoms with van der Waals surface area (Å²) in [5.74, 6) is 0.645. The maximum atomic E-state index is 11.3. The van der Waals surface area contributed by atoms with E-state index >= 15 is 0 Å². The van der Waals surface area contributed by atoms with Gasteiger partial charge in [-0.15, -0.1) is 11.8 Å². The highest BCUT2D eigenvalue weighted by atomic mass is 32.2. The van der Waals surface area contributed by atoms with E-state index in [9.17, 15) is 4.79 Å². The van der Waals surface area contributed by atoms with Crippen molar-refractivity contribution in [1.29, 1.82) is 0 Å². The minimum absolute atomic E-state index is 0.102. The Morgan fingerprint density at radius 2 is 2.43 bits per heavy atom. The summed E-state index contributed by atoms with van der Waals surface area (Å²) in [6.07, 6.45) is 3.74. The molecular weight excluding hydrogens is 196 g/mol. The van der Waals surface area contributed by atoms with Crippen molar-refractivity contribution >= 4 is 17.7 Å². The summed E-state index contributed by atoms with van der Waals surface area (Å²) in [5, 5.41) is 3.37. The lowest BCUT2D eigenvalue weighted by molar-refractivity contribution is -0.118. The Balaban J connectivity index is 2.15. The number of nitrogens with one attached hydrogen (secondary N) is 2. The van der Waals surface area contributed by atoms with Crippen LogP contribution in [0.3, 0.4) is 0 Å². The molecule has 78 valence electrons. The number of hydrogen-bond donors (Lipinski definition) is 2. The van der Waals surface area contributed by atoms with E-state index in [0.29, 0.717) is 17.5 Å². The predicted molar refractivity (Wildman–Crippen MR) is 60.2 cm³/mol. The van der Waals surface area contributed by atoms with E-state index in [1.807, 2.05) is 18.5 Å². The number of amides is 1. The number of rotatable bonds is 5. The monoisotopic (exact) mass is 212 g/mol. The van der Waals surface area contributed by atoms with Crippen LogP contribution in [0.15, 0.2) is 18.5 Å². The maximum Gasteiger partial charge on any atom is 0.230 e. The summed E-state index contributed by atoms with van der Waals surface area (Å²) in [7, 11) is 0. The molecule has 0 aliphatic heterocycles. The molecule has 0 aliphatic carbocycles. The molecule has 0 spiro atoms. The second-order valence-corrected chi connectivity index (χ2v) is 4.92. The fourth-order valence-corrected chi connectivity index (χ4v) is 1.55. The quantitative estimate of drug-likeness (QED) is 0.781. The summed E-state index contributed by atoms with van der Waals surface area (Å²) in [6.45, 7) is 4.79. The zero-order valence-corrected chi connectivity index (χ0v) is 9.36. The molecule has 4 heteroatoms. The zero-order valence-electron chi connectivity index (χ0n) is 8.54. The first kappa shape index (κ1) is 11.2. The van der Waals surface area contributed by atoms with Crippen LogP contribution in [0, 0.1) is 0 Å². The molecule has 1 rings (SSSR count). The van der Waals surface area contributed by atoms with Crippen LogP contribution in [0.1, 0.15) is 19.4 Å². The Bertz CT molecular complexity index is 270. The van der Waals surface area contributed by atoms with Crippen molar-refractivity contribution in [3.63, 3.8) is 0 Å². The predicted octanol–water partition coefficient (Wildman–Crippen LogP) is 1.77. The van der Waals surface area contributed by atoms with E-state index in [4.69, 9.17) is 0 Å². The summed E-state index contributed by atoms with van der Waals surface area (Å²) in [4.78, 5) is 14.2. The first-order valence-corrected chi connectivity index (χ1v) is 5.73. The smallest absolute Gasteiger partial charge is 0.230 e. The molecule has 0 aliphatic rings. The molecule has 0 aromatic carbocycles. The van der Waals surface area contributed by atoms with Crippen LogP contribution in [0.4, 0.5) is 0 Å². The summed E-state index contributed by atoms with van der Waals surface area (Å²) >= 11 is 1.66. The van der Waals surface area contributed by atoms with Crippen LogP contribution in [0.5, 0.6) is 0 Å². The summed E-state index contributed by atoms with van der Waals surface area (Å²) in [6, 6.07) is 1.95. The molecule has 3 nitrogen and oxygen atoms in total. The highest BCUT2D eigenvalue weighted by Crippen LogP contribution is 2.07. The molecule has 1 aromatic heterocycles. The minimum atomic E-state index is 0.102. The molecule has 1 amide bonds. The normalized spacial score (nSPS) is 10.5. The van der Waals surface area contributed by atoms with Gasteiger partial charge in [-0.3, -0.25) is 4.79 Å². The fraction of sp³-hybridized carbons (Fsp3) is 0.500. The zero-order chi connectivity index (χ0) is 10.4. The molecule has 1 aromatic rings. The number of aromatic amines is 1. The SMILES string of the molecule is CC(C)SCC(=O)NCc1cc[nH]c1. The molecule has 0 unspecified atom stereocenters. The Morgan fingerprint density at radius 1 is 1.64 bits per heavy atom. The summed E-state index contributed by atoms with van der Waals surface area (Å²) in [5.41, 5.74) is 1.10. The Kier molecular flexibility index (Phi) is 4.59. The number of hydrogen-bond acceptors (Lipinski definition) is 2. The highest BCUT2D eigenvalue weighted by Gasteiger charge is 2.03. The largest absolute Gasteiger partial charge is 0.367 e. The van der Waals surface area contributed by atoms with Gasteiger partial charge in [-0.1, -0.05) is 13.8 Å². The average molecular weight is 212 g/mol. The third kappa shape index (κ3) is 4.37. The molecule has 0 saturated heterocycles. The van der Waals surface area contributed by atoms with E-state index in [1.165, 1.54) is 0 Å². The Labute approximate surface area is 88.7 Å². The van der Waals surface area contributed by atoms with Gasteiger partial charge in [0.2, 0.25) is 5.91 Å². The van der Waals surface area contributed by atoms with E-state index in [1.54, 1.807) is 11.8 Å². The van der Waals surface area contributed by atoms with E-state index in [2.05, 4.69) is 24.1 Å². The molecule has 0 fully saturated rings. The fourth-order valence-electron chi connectivity index (χ4n) is 0.962. The van der Waals surface area contributed by atoms with Crippen LogP contribution < -0.4 is 5.32 Å². The topological polar surface area (TPSA) is 44.9 Å². The average Bonchev–Trinajstić information content (AvgIpc) is 2.63. The van der Waals surface area contributed by atoms with Crippen molar-refractivity contribution in [2.75, 3.05) is 5.75 Å². The molecule has 0 bridgehead atoms. The van der Waals surface area contributed by atoms with Gasteiger partial charge in [0, 0.05) is 18.9 Å². The van der Waals surface area contributed by atoms with Gasteiger partial charge in [0.05, 0.1) is 5.75 Å². The summed E-state index contributed by atoms with van der Waals surface area (Å²) < 4.78 is 0. The van der Waals surface area contributed by atoms with Crippen LogP contribution >= 0.6 is 11.8 Å². The number of aromatic nitrogens is 1. The van der Waals surface area contributed by atoms with Gasteiger partial charge < -0.3 is 10.3 Å². The van der Waals surface area contributed by atoms with Crippen LogP contribution in [0.2, 0.25) is 0 Å². The number of carbonyl (C=O) groups excluding carboxylic acids is 1. The highest BCUT2D eigenvalue weighted by molar-refractivity contribution is 8.00. The van der Waals surface area contributed by atoms with E-state index in [-0.39, 0.29) is 5.91 Å². The third-order valence-electron chi connectivity index (χ3n) is 1.70. The van der Waals surface area contributed by atoms with Gasteiger partial charge in [0.15, 0.2) is 0 Å². The van der Waals surface area contributed by atoms with Gasteiger partial charge in [-0.05, 0) is 16.9 Å². The minimum Gasteiger partial charge on any atom is -0.367 e. The van der Waals surface area contributed by atoms with Crippen molar-refractivity contribution in [2.24, 2.45) is 0 Å². The molecule has 0 atom stereocenters. The second kappa shape index (κ2) is 5.75. The molecule has 1 heterocycles. The van der Waals surface area contributed by atoms with Crippen LogP contribution in [-0.4, -0.2) is 21.9 Å². The van der Waals surface area contributed by atoms with Gasteiger partial charge >= 0.3 is 0 Å². The standard InChI is InChI=1S/C10H16N2OS/c1-8(2)14-7-10(13)12-6-9-3-4-11-5-9/h3-5,8,11H,6-7H2,1-2H3,(H,12,13). The van der Waals surface area contributed by atoms with Crippen molar-refractivity contribution in [1.82, 2.24) is 10.3 Å². The Morgan fingerprint density at radius 3 is 3.00 bits per heavy atom. The van der Waals surface area contributed by atoms with Crippen molar-refractivity contribution in [3.8, 4) is 0 Å². The first-order chi connectivity index (χ1) is 6.68. The van der Waals surface area contributed by atoms with Crippen LogP contribution in [-0.2, 0) is 11.3 Å². The van der Waals surface area contributed by atoms with Gasteiger partial charge in [0.1, 0.15) is 0 Å². The number of carbonyl (C=O) groups is 1. The van der Waals surface area contributed by atoms with Gasteiger partial charge in [-0.25, -0.2) is 0 Å². The van der Waals surface area contributed by atoms with E-state index < -0.39 is 0 Å². The van der Waals surface area contributed by atoms with Crippen molar-refractivity contribution in [3.05, 3.63) is 24.0 Å². The van der Waals surface area contributed by atoms with Crippen molar-refractivity contribution in [2.45, 2.75) is 25.6 Å². The molecule has 0 radical (unpaired) electrons. The van der Waals surface area contributed by atoms with Gasteiger partial charge in [0.25, 0.3) is 0 Å². The van der Waals surface area contributed by atoms with Gasteiger partial charge in [-0.2, -0.15) is 0 Å². The lowest BCUT2D eigenvalue weighted by atomic mass is 10.3. The number of thioether (sulfide) groups is 1. The van der Waals surface area contributed by atoms with Crippen LogP contribution in [0.25, 0.3) is 0 Å². The lowest BCUT2D eigenvalue weighted by Crippen LogP contribution is -2.24.